The minimum Gasteiger partial charge on any atom is -0.381 e. The van der Waals surface area contributed by atoms with E-state index < -0.39 is 0 Å². The van der Waals surface area contributed by atoms with Crippen LogP contribution in [0.5, 0.6) is 0 Å². The van der Waals surface area contributed by atoms with E-state index in [2.05, 4.69) is 23.5 Å². The van der Waals surface area contributed by atoms with Crippen molar-refractivity contribution >= 4 is 5.69 Å². The van der Waals surface area contributed by atoms with Crippen molar-refractivity contribution in [2.24, 2.45) is 0 Å². The Morgan fingerprint density at radius 2 is 2.27 bits per heavy atom. The first kappa shape index (κ1) is 10.5. The van der Waals surface area contributed by atoms with E-state index in [1.807, 2.05) is 13.0 Å². The van der Waals surface area contributed by atoms with Gasteiger partial charge in [-0.2, -0.15) is 5.06 Å². The van der Waals surface area contributed by atoms with Crippen molar-refractivity contribution in [2.75, 3.05) is 18.4 Å². The lowest BCUT2D eigenvalue weighted by Crippen LogP contribution is -2.37. The molecule has 1 aromatic carbocycles. The van der Waals surface area contributed by atoms with Crippen LogP contribution in [0, 0.1) is 0 Å². The summed E-state index contributed by atoms with van der Waals surface area (Å²) in [6.07, 6.45) is 2.19. The van der Waals surface area contributed by atoms with Crippen LogP contribution in [-0.2, 0) is 6.42 Å². The van der Waals surface area contributed by atoms with Crippen molar-refractivity contribution in [3.8, 4) is 0 Å². The number of fused-ring (bicyclic) bond motifs is 1. The molecule has 0 saturated carbocycles. The van der Waals surface area contributed by atoms with Crippen molar-refractivity contribution in [1.29, 1.82) is 0 Å². The Hall–Kier alpha value is -1.06. The van der Waals surface area contributed by atoms with Crippen LogP contribution in [0.3, 0.4) is 0 Å². The summed E-state index contributed by atoms with van der Waals surface area (Å²) in [6, 6.07) is 8.75. The Bertz CT molecular complexity index is 327. The summed E-state index contributed by atoms with van der Waals surface area (Å²) in [7, 11) is 0. The van der Waals surface area contributed by atoms with Crippen molar-refractivity contribution in [1.82, 2.24) is 5.06 Å². The third-order valence-corrected chi connectivity index (χ3v) is 2.94. The van der Waals surface area contributed by atoms with Gasteiger partial charge < -0.3 is 10.5 Å². The zero-order valence-corrected chi connectivity index (χ0v) is 9.11. The molecule has 1 aromatic rings. The quantitative estimate of drug-likeness (QED) is 0.744. The van der Waals surface area contributed by atoms with Crippen LogP contribution in [0.2, 0.25) is 0 Å². The maximum absolute atomic E-state index is 9.45. The van der Waals surface area contributed by atoms with Crippen molar-refractivity contribution in [2.45, 2.75) is 25.8 Å². The van der Waals surface area contributed by atoms with Gasteiger partial charge in [0.05, 0.1) is 0 Å². The number of nitrogens with zero attached hydrogens (tertiary/aromatic N) is 1. The molecule has 0 fully saturated rings. The molecule has 2 N–H and O–H groups in total. The largest absolute Gasteiger partial charge is 0.381 e. The van der Waals surface area contributed by atoms with E-state index in [9.17, 15) is 5.21 Å². The summed E-state index contributed by atoms with van der Waals surface area (Å²) in [5, 5.41) is 14.3. The highest BCUT2D eigenvalue weighted by Gasteiger charge is 2.18. The molecule has 1 unspecified atom stereocenters. The second-order valence-electron chi connectivity index (χ2n) is 4.04. The molecular weight excluding hydrogens is 188 g/mol. The maximum atomic E-state index is 9.45. The highest BCUT2D eigenvalue weighted by molar-refractivity contribution is 5.53. The molecular formula is C12H18N2O. The van der Waals surface area contributed by atoms with Crippen LogP contribution in [0.4, 0.5) is 5.69 Å². The minimum absolute atomic E-state index is 0.366. The second kappa shape index (κ2) is 4.64. The Morgan fingerprint density at radius 1 is 1.47 bits per heavy atom. The molecule has 2 rings (SSSR count). The Labute approximate surface area is 90.7 Å². The van der Waals surface area contributed by atoms with E-state index in [0.29, 0.717) is 19.1 Å². The van der Waals surface area contributed by atoms with E-state index in [0.717, 1.165) is 12.8 Å². The number of anilines is 1. The van der Waals surface area contributed by atoms with Gasteiger partial charge in [0.15, 0.2) is 0 Å². The third kappa shape index (κ3) is 2.49. The van der Waals surface area contributed by atoms with Gasteiger partial charge in [-0.05, 0) is 24.5 Å². The monoisotopic (exact) mass is 206 g/mol. The second-order valence-corrected chi connectivity index (χ2v) is 4.04. The van der Waals surface area contributed by atoms with Crippen LogP contribution < -0.4 is 5.32 Å². The van der Waals surface area contributed by atoms with E-state index >= 15 is 0 Å². The lowest BCUT2D eigenvalue weighted by Gasteiger charge is -2.29. The van der Waals surface area contributed by atoms with Crippen LogP contribution >= 0.6 is 0 Å². The number of nitrogens with one attached hydrogen (secondary N) is 1. The fourth-order valence-electron chi connectivity index (χ4n) is 2.02. The van der Waals surface area contributed by atoms with Crippen molar-refractivity contribution in [3.63, 3.8) is 0 Å². The van der Waals surface area contributed by atoms with Gasteiger partial charge in [-0.25, -0.2) is 0 Å². The van der Waals surface area contributed by atoms with E-state index in [-0.39, 0.29) is 0 Å². The topological polar surface area (TPSA) is 35.5 Å². The average Bonchev–Trinajstić information content (AvgIpc) is 2.29. The van der Waals surface area contributed by atoms with Crippen molar-refractivity contribution < 1.29 is 5.21 Å². The summed E-state index contributed by atoms with van der Waals surface area (Å²) in [5.41, 5.74) is 2.60. The zero-order chi connectivity index (χ0) is 10.7. The maximum Gasteiger partial charge on any atom is 0.0440 e. The molecule has 1 aliphatic heterocycles. The van der Waals surface area contributed by atoms with Gasteiger partial charge in [-0.1, -0.05) is 25.1 Å². The molecule has 1 aliphatic rings. The molecule has 0 radical (unpaired) electrons. The van der Waals surface area contributed by atoms with Gasteiger partial charge in [0.2, 0.25) is 0 Å². The summed E-state index contributed by atoms with van der Waals surface area (Å²) < 4.78 is 0. The van der Waals surface area contributed by atoms with Crippen LogP contribution in [-0.4, -0.2) is 29.4 Å². The lowest BCUT2D eigenvalue weighted by molar-refractivity contribution is -0.0890. The molecule has 0 amide bonds. The van der Waals surface area contributed by atoms with Gasteiger partial charge in [0.1, 0.15) is 0 Å². The molecule has 15 heavy (non-hydrogen) atoms. The molecule has 82 valence electrons. The standard InChI is InChI=1S/C12H18N2O/c1-2-14(15)9-11-8-7-10-5-3-4-6-12(10)13-11/h3-6,11,13,15H,2,7-9H2,1H3. The number of rotatable bonds is 3. The van der Waals surface area contributed by atoms with Crippen LogP contribution in [0.1, 0.15) is 18.9 Å². The van der Waals surface area contributed by atoms with Gasteiger partial charge in [0, 0.05) is 24.8 Å². The fraction of sp³-hybridized carbons (Fsp3) is 0.500. The zero-order valence-electron chi connectivity index (χ0n) is 9.11. The van der Waals surface area contributed by atoms with Crippen molar-refractivity contribution in [3.05, 3.63) is 29.8 Å². The first-order valence-corrected chi connectivity index (χ1v) is 5.58. The van der Waals surface area contributed by atoms with E-state index in [4.69, 9.17) is 0 Å². The molecule has 3 heteroatoms. The van der Waals surface area contributed by atoms with Gasteiger partial charge in [0.25, 0.3) is 0 Å². The highest BCUT2D eigenvalue weighted by atomic mass is 16.5. The highest BCUT2D eigenvalue weighted by Crippen LogP contribution is 2.24. The Morgan fingerprint density at radius 3 is 3.07 bits per heavy atom. The minimum atomic E-state index is 0.366. The number of hydroxylamine groups is 2. The van der Waals surface area contributed by atoms with Gasteiger partial charge >= 0.3 is 0 Å². The summed E-state index contributed by atoms with van der Waals surface area (Å²) in [6.45, 7) is 3.33. The molecule has 0 bridgehead atoms. The van der Waals surface area contributed by atoms with Gasteiger partial charge in [-0.15, -0.1) is 0 Å². The van der Waals surface area contributed by atoms with Crippen LogP contribution in [0.25, 0.3) is 0 Å². The normalized spacial score (nSPS) is 19.8. The molecule has 0 saturated heterocycles. The number of para-hydroxylation sites is 1. The molecule has 1 heterocycles. The number of aryl methyl sites for hydroxylation is 1. The summed E-state index contributed by atoms with van der Waals surface area (Å²) >= 11 is 0. The molecule has 3 nitrogen and oxygen atoms in total. The van der Waals surface area contributed by atoms with E-state index in [1.54, 1.807) is 0 Å². The van der Waals surface area contributed by atoms with E-state index in [1.165, 1.54) is 16.3 Å². The van der Waals surface area contributed by atoms with Gasteiger partial charge in [-0.3, -0.25) is 0 Å². The summed E-state index contributed by atoms with van der Waals surface area (Å²) in [5.74, 6) is 0. The SMILES string of the molecule is CCN(O)CC1CCc2ccccc2N1. The first-order valence-electron chi connectivity index (χ1n) is 5.58. The predicted molar refractivity (Wildman–Crippen MR) is 61.2 cm³/mol. The molecule has 0 aromatic heterocycles. The third-order valence-electron chi connectivity index (χ3n) is 2.94. The average molecular weight is 206 g/mol. The number of hydrogen-bond acceptors (Lipinski definition) is 3. The molecule has 0 aliphatic carbocycles. The molecule has 0 spiro atoms. The fourth-order valence-corrected chi connectivity index (χ4v) is 2.02. The Balaban J connectivity index is 1.99. The van der Waals surface area contributed by atoms with Crippen LogP contribution in [0.15, 0.2) is 24.3 Å². The number of hydrogen-bond donors (Lipinski definition) is 2. The summed E-state index contributed by atoms with van der Waals surface area (Å²) in [4.78, 5) is 0. The number of benzene rings is 1. The smallest absolute Gasteiger partial charge is 0.0440 e. The Kier molecular flexibility index (Phi) is 3.23. The number of likely N-dealkylation sites (N-methyl/N-ethyl adjacent to an activating group) is 1. The first-order chi connectivity index (χ1) is 7.29. The lowest BCUT2D eigenvalue weighted by atomic mass is 9.98. The predicted octanol–water partition coefficient (Wildman–Crippen LogP) is 2.12. The molecule has 1 atom stereocenters.